The maximum absolute atomic E-state index is 10.0. The molecular weight excluding hydrogens is 254 g/mol. The molecule has 1 aliphatic carbocycles. The molecule has 0 spiro atoms. The second-order valence-corrected chi connectivity index (χ2v) is 5.99. The average Bonchev–Trinajstić information content (AvgIpc) is 2.80. The molecule has 5 heteroatoms. The Morgan fingerprint density at radius 1 is 1.40 bits per heavy atom. The third-order valence-corrected chi connectivity index (χ3v) is 4.28. The van der Waals surface area contributed by atoms with E-state index < -0.39 is 5.60 Å². The minimum atomic E-state index is -0.517. The lowest BCUT2D eigenvalue weighted by molar-refractivity contribution is 0.00860. The number of hydrogen-bond acceptors (Lipinski definition) is 4. The number of hydrogen-bond donors (Lipinski definition) is 2. The summed E-state index contributed by atoms with van der Waals surface area (Å²) in [4.78, 5) is 0. The molecule has 0 amide bonds. The van der Waals surface area contributed by atoms with E-state index in [0.717, 1.165) is 36.6 Å². The fourth-order valence-corrected chi connectivity index (χ4v) is 2.94. The number of nitrogens with zero attached hydrogens (tertiary/aromatic N) is 2. The number of benzene rings is 1. The average molecular weight is 275 g/mol. The molecule has 0 atom stereocenters. The minimum Gasteiger partial charge on any atom is -0.495 e. The maximum Gasteiger partial charge on any atom is 0.144 e. The Bertz CT molecular complexity index is 623. The van der Waals surface area contributed by atoms with Crippen LogP contribution >= 0.6 is 0 Å². The smallest absolute Gasteiger partial charge is 0.144 e. The van der Waals surface area contributed by atoms with Gasteiger partial charge in [0, 0.05) is 17.6 Å². The van der Waals surface area contributed by atoms with Crippen molar-refractivity contribution in [1.82, 2.24) is 9.78 Å². The van der Waals surface area contributed by atoms with E-state index in [2.05, 4.69) is 5.10 Å². The zero-order chi connectivity index (χ0) is 14.3. The van der Waals surface area contributed by atoms with Gasteiger partial charge >= 0.3 is 0 Å². The van der Waals surface area contributed by atoms with Crippen molar-refractivity contribution in [3.8, 4) is 5.75 Å². The molecule has 20 heavy (non-hydrogen) atoms. The number of rotatable bonds is 2. The Labute approximate surface area is 118 Å². The molecule has 1 aromatic carbocycles. The summed E-state index contributed by atoms with van der Waals surface area (Å²) >= 11 is 0. The lowest BCUT2D eigenvalue weighted by Gasteiger charge is -2.33. The predicted molar refractivity (Wildman–Crippen MR) is 78.8 cm³/mol. The highest BCUT2D eigenvalue weighted by Gasteiger charge is 2.29. The van der Waals surface area contributed by atoms with Gasteiger partial charge in [-0.05, 0) is 38.7 Å². The first-order chi connectivity index (χ1) is 9.48. The molecule has 3 rings (SSSR count). The molecular formula is C15H21N3O2. The molecule has 1 aromatic heterocycles. The molecule has 2 aromatic rings. The number of anilines is 1. The van der Waals surface area contributed by atoms with Gasteiger partial charge in [0.25, 0.3) is 0 Å². The van der Waals surface area contributed by atoms with E-state index in [4.69, 9.17) is 10.5 Å². The molecule has 1 fully saturated rings. The molecule has 0 radical (unpaired) electrons. The van der Waals surface area contributed by atoms with Crippen molar-refractivity contribution >= 4 is 16.6 Å². The second-order valence-electron chi connectivity index (χ2n) is 5.99. The van der Waals surface area contributed by atoms with Gasteiger partial charge in [-0.2, -0.15) is 5.10 Å². The molecule has 108 valence electrons. The van der Waals surface area contributed by atoms with Crippen molar-refractivity contribution in [3.05, 3.63) is 18.3 Å². The van der Waals surface area contributed by atoms with Crippen LogP contribution in [0.2, 0.25) is 0 Å². The first-order valence-corrected chi connectivity index (χ1v) is 7.03. The van der Waals surface area contributed by atoms with Gasteiger partial charge < -0.3 is 15.6 Å². The molecule has 1 saturated carbocycles. The fraction of sp³-hybridized carbons (Fsp3) is 0.533. The number of ether oxygens (including phenoxy) is 1. The summed E-state index contributed by atoms with van der Waals surface area (Å²) in [5.74, 6) is 0.661. The lowest BCUT2D eigenvalue weighted by Crippen LogP contribution is -2.31. The molecule has 1 heterocycles. The van der Waals surface area contributed by atoms with Gasteiger partial charge in [-0.25, -0.2) is 0 Å². The van der Waals surface area contributed by atoms with Gasteiger partial charge in [0.05, 0.1) is 30.0 Å². The summed E-state index contributed by atoms with van der Waals surface area (Å²) < 4.78 is 7.24. The number of nitrogens with two attached hydrogens (primary N) is 1. The Hall–Kier alpha value is -1.75. The van der Waals surface area contributed by atoms with Crippen LogP contribution in [-0.4, -0.2) is 27.6 Å². The van der Waals surface area contributed by atoms with Crippen LogP contribution in [0.3, 0.4) is 0 Å². The highest BCUT2D eigenvalue weighted by atomic mass is 16.5. The standard InChI is InChI=1S/C15H21N3O2/c1-15(19)5-3-11(4-6-15)18-9-10-7-12(16)14(20-2)8-13(10)17-18/h7-9,11,19H,3-6,16H2,1-2H3/t11-,15-. The minimum absolute atomic E-state index is 0.356. The summed E-state index contributed by atoms with van der Waals surface area (Å²) in [5, 5.41) is 15.7. The van der Waals surface area contributed by atoms with Crippen molar-refractivity contribution in [3.63, 3.8) is 0 Å². The van der Waals surface area contributed by atoms with E-state index in [0.29, 0.717) is 17.5 Å². The Kier molecular flexibility index (Phi) is 3.09. The van der Waals surface area contributed by atoms with E-state index in [1.54, 1.807) is 7.11 Å². The molecule has 0 aliphatic heterocycles. The maximum atomic E-state index is 10.0. The zero-order valence-corrected chi connectivity index (χ0v) is 12.0. The van der Waals surface area contributed by atoms with Gasteiger partial charge in [-0.1, -0.05) is 0 Å². The predicted octanol–water partition coefficient (Wildman–Crippen LogP) is 2.49. The van der Waals surface area contributed by atoms with Crippen molar-refractivity contribution < 1.29 is 9.84 Å². The van der Waals surface area contributed by atoms with Crippen molar-refractivity contribution in [1.29, 1.82) is 0 Å². The van der Waals surface area contributed by atoms with Crippen molar-refractivity contribution in [2.24, 2.45) is 0 Å². The summed E-state index contributed by atoms with van der Waals surface area (Å²) in [6.07, 6.45) is 5.58. The number of fused-ring (bicyclic) bond motifs is 1. The number of nitrogen functional groups attached to an aromatic ring is 1. The van der Waals surface area contributed by atoms with E-state index in [9.17, 15) is 5.11 Å². The van der Waals surface area contributed by atoms with Crippen molar-refractivity contribution in [2.45, 2.75) is 44.2 Å². The second kappa shape index (κ2) is 4.66. The number of methoxy groups -OCH3 is 1. The largest absolute Gasteiger partial charge is 0.495 e. The molecule has 1 aliphatic rings. The molecule has 0 unspecified atom stereocenters. The summed E-state index contributed by atoms with van der Waals surface area (Å²) in [6.45, 7) is 1.91. The van der Waals surface area contributed by atoms with Crippen LogP contribution in [-0.2, 0) is 0 Å². The molecule has 3 N–H and O–H groups in total. The Morgan fingerprint density at radius 3 is 2.75 bits per heavy atom. The van der Waals surface area contributed by atoms with Crippen LogP contribution in [0.25, 0.3) is 10.9 Å². The quantitative estimate of drug-likeness (QED) is 0.826. The summed E-state index contributed by atoms with van der Waals surface area (Å²) in [7, 11) is 1.61. The van der Waals surface area contributed by atoms with Crippen molar-refractivity contribution in [2.75, 3.05) is 12.8 Å². The lowest BCUT2D eigenvalue weighted by atomic mass is 9.84. The van der Waals surface area contributed by atoms with Gasteiger partial charge in [-0.15, -0.1) is 0 Å². The molecule has 0 saturated heterocycles. The third kappa shape index (κ3) is 2.33. The van der Waals surface area contributed by atoms with Crippen LogP contribution < -0.4 is 10.5 Å². The highest BCUT2D eigenvalue weighted by molar-refractivity contribution is 5.84. The van der Waals surface area contributed by atoms with E-state index in [1.807, 2.05) is 29.9 Å². The fourth-order valence-electron chi connectivity index (χ4n) is 2.94. The van der Waals surface area contributed by atoms with Crippen LogP contribution in [0.1, 0.15) is 38.6 Å². The molecule has 5 nitrogen and oxygen atoms in total. The van der Waals surface area contributed by atoms with Gasteiger partial charge in [0.2, 0.25) is 0 Å². The van der Waals surface area contributed by atoms with Crippen LogP contribution in [0.4, 0.5) is 5.69 Å². The first kappa shape index (κ1) is 13.2. The summed E-state index contributed by atoms with van der Waals surface area (Å²) in [6, 6.07) is 4.13. The monoisotopic (exact) mass is 275 g/mol. The first-order valence-electron chi connectivity index (χ1n) is 7.03. The Morgan fingerprint density at radius 2 is 2.10 bits per heavy atom. The van der Waals surface area contributed by atoms with Gasteiger partial charge in [0.15, 0.2) is 0 Å². The van der Waals surface area contributed by atoms with E-state index in [1.165, 1.54) is 0 Å². The topological polar surface area (TPSA) is 73.3 Å². The summed E-state index contributed by atoms with van der Waals surface area (Å²) in [5.41, 5.74) is 6.94. The van der Waals surface area contributed by atoms with Crippen LogP contribution in [0.5, 0.6) is 5.75 Å². The SMILES string of the molecule is COc1cc2nn([C@H]3CC[C@](C)(O)CC3)cc2cc1N. The number of aromatic nitrogens is 2. The molecule has 0 bridgehead atoms. The highest BCUT2D eigenvalue weighted by Crippen LogP contribution is 2.35. The van der Waals surface area contributed by atoms with Crippen LogP contribution in [0.15, 0.2) is 18.3 Å². The van der Waals surface area contributed by atoms with Gasteiger partial charge in [-0.3, -0.25) is 4.68 Å². The normalized spacial score (nSPS) is 26.9. The Balaban J connectivity index is 1.90. The van der Waals surface area contributed by atoms with E-state index >= 15 is 0 Å². The van der Waals surface area contributed by atoms with Crippen LogP contribution in [0, 0.1) is 0 Å². The zero-order valence-electron chi connectivity index (χ0n) is 12.0. The number of aliphatic hydroxyl groups is 1. The van der Waals surface area contributed by atoms with E-state index in [-0.39, 0.29) is 0 Å². The third-order valence-electron chi connectivity index (χ3n) is 4.28. The van der Waals surface area contributed by atoms with Gasteiger partial charge in [0.1, 0.15) is 5.75 Å².